The number of nitrogens with zero attached hydrogens (tertiary/aromatic N) is 2. The first-order valence-corrected chi connectivity index (χ1v) is 11.2. The standard InChI is InChI=1S/C28H27N3O3/c1-4-31-28(33)25(27(32)29-19(2)20-15-17-23(34-3)18-16-20)24(21-11-7-5-8-12-21)26(30-31)22-13-9-6-10-14-22/h5-19H,4H2,1-3H3,(H,29,32). The van der Waals surface area contributed by atoms with Crippen LogP contribution in [-0.4, -0.2) is 22.8 Å². The van der Waals surface area contributed by atoms with E-state index in [1.807, 2.05) is 98.8 Å². The highest BCUT2D eigenvalue weighted by atomic mass is 16.5. The molecule has 3 aromatic carbocycles. The molecule has 4 aromatic rings. The van der Waals surface area contributed by atoms with Crippen molar-refractivity contribution in [2.45, 2.75) is 26.4 Å². The van der Waals surface area contributed by atoms with Gasteiger partial charge in [0.1, 0.15) is 11.3 Å². The Balaban J connectivity index is 1.86. The van der Waals surface area contributed by atoms with E-state index in [2.05, 4.69) is 10.4 Å². The number of carbonyl (C=O) groups is 1. The summed E-state index contributed by atoms with van der Waals surface area (Å²) in [6, 6.07) is 26.2. The van der Waals surface area contributed by atoms with Crippen molar-refractivity contribution in [1.29, 1.82) is 0 Å². The molecule has 1 atom stereocenters. The van der Waals surface area contributed by atoms with Crippen LogP contribution in [0, 0.1) is 0 Å². The smallest absolute Gasteiger partial charge is 0.280 e. The molecule has 1 amide bonds. The number of amides is 1. The Hall–Kier alpha value is -4.19. The third-order valence-corrected chi connectivity index (χ3v) is 5.76. The molecule has 1 unspecified atom stereocenters. The summed E-state index contributed by atoms with van der Waals surface area (Å²) < 4.78 is 6.57. The zero-order valence-corrected chi connectivity index (χ0v) is 19.5. The highest BCUT2D eigenvalue weighted by molar-refractivity contribution is 6.03. The van der Waals surface area contributed by atoms with Gasteiger partial charge in [0, 0.05) is 17.7 Å². The molecule has 6 heteroatoms. The average molecular weight is 454 g/mol. The minimum absolute atomic E-state index is 0.0854. The second-order valence-corrected chi connectivity index (χ2v) is 7.92. The van der Waals surface area contributed by atoms with Gasteiger partial charge in [0.2, 0.25) is 0 Å². The fourth-order valence-corrected chi connectivity index (χ4v) is 3.92. The maximum absolute atomic E-state index is 13.6. The van der Waals surface area contributed by atoms with Crippen molar-refractivity contribution in [3.8, 4) is 28.1 Å². The predicted octanol–water partition coefficient (Wildman–Crippen LogP) is 5.10. The van der Waals surface area contributed by atoms with Crippen molar-refractivity contribution in [1.82, 2.24) is 15.1 Å². The topological polar surface area (TPSA) is 73.2 Å². The van der Waals surface area contributed by atoms with Crippen LogP contribution in [0.25, 0.3) is 22.4 Å². The van der Waals surface area contributed by atoms with Gasteiger partial charge in [0.05, 0.1) is 18.8 Å². The molecule has 0 saturated carbocycles. The van der Waals surface area contributed by atoms with Gasteiger partial charge in [-0.05, 0) is 37.1 Å². The first kappa shape index (κ1) is 23.0. The van der Waals surface area contributed by atoms with Crippen molar-refractivity contribution in [3.63, 3.8) is 0 Å². The van der Waals surface area contributed by atoms with E-state index in [0.717, 1.165) is 22.4 Å². The van der Waals surface area contributed by atoms with Crippen LogP contribution in [0.3, 0.4) is 0 Å². The summed E-state index contributed by atoms with van der Waals surface area (Å²) in [7, 11) is 1.61. The molecular formula is C28H27N3O3. The van der Waals surface area contributed by atoms with Crippen molar-refractivity contribution in [2.75, 3.05) is 7.11 Å². The van der Waals surface area contributed by atoms with Crippen LogP contribution in [0.2, 0.25) is 0 Å². The quantitative estimate of drug-likeness (QED) is 0.423. The first-order chi connectivity index (χ1) is 16.5. The van der Waals surface area contributed by atoms with E-state index in [1.54, 1.807) is 7.11 Å². The fourth-order valence-electron chi connectivity index (χ4n) is 3.92. The van der Waals surface area contributed by atoms with E-state index >= 15 is 0 Å². The molecule has 0 bridgehead atoms. The fraction of sp³-hybridized carbons (Fsp3) is 0.179. The Bertz CT molecular complexity index is 1330. The van der Waals surface area contributed by atoms with Gasteiger partial charge < -0.3 is 10.1 Å². The predicted molar refractivity (Wildman–Crippen MR) is 134 cm³/mol. The lowest BCUT2D eigenvalue weighted by Crippen LogP contribution is -2.36. The van der Waals surface area contributed by atoms with Gasteiger partial charge in [-0.2, -0.15) is 5.10 Å². The van der Waals surface area contributed by atoms with Crippen LogP contribution < -0.4 is 15.6 Å². The van der Waals surface area contributed by atoms with Crippen molar-refractivity contribution >= 4 is 5.91 Å². The number of aromatic nitrogens is 2. The third kappa shape index (κ3) is 4.62. The summed E-state index contributed by atoms with van der Waals surface area (Å²) in [4.78, 5) is 27.1. The number of nitrogens with one attached hydrogen (secondary N) is 1. The van der Waals surface area contributed by atoms with Gasteiger partial charge in [-0.25, -0.2) is 4.68 Å². The second-order valence-electron chi connectivity index (χ2n) is 7.92. The van der Waals surface area contributed by atoms with E-state index in [4.69, 9.17) is 4.74 Å². The number of rotatable bonds is 7. The number of ether oxygens (including phenoxy) is 1. The molecule has 0 aliphatic carbocycles. The Morgan fingerprint density at radius 3 is 2.09 bits per heavy atom. The summed E-state index contributed by atoms with van der Waals surface area (Å²) in [6.45, 7) is 4.08. The van der Waals surface area contributed by atoms with Gasteiger partial charge in [0.25, 0.3) is 11.5 Å². The molecule has 0 spiro atoms. The van der Waals surface area contributed by atoms with Crippen LogP contribution >= 0.6 is 0 Å². The molecule has 1 heterocycles. The van der Waals surface area contributed by atoms with Gasteiger partial charge in [0.15, 0.2) is 0 Å². The van der Waals surface area contributed by atoms with E-state index in [1.165, 1.54) is 4.68 Å². The number of methoxy groups -OCH3 is 1. The van der Waals surface area contributed by atoms with Gasteiger partial charge in [-0.1, -0.05) is 72.8 Å². The van der Waals surface area contributed by atoms with Crippen LogP contribution in [0.15, 0.2) is 89.7 Å². The Morgan fingerprint density at radius 2 is 1.53 bits per heavy atom. The second kappa shape index (κ2) is 10.2. The van der Waals surface area contributed by atoms with Crippen molar-refractivity contribution in [2.24, 2.45) is 0 Å². The highest BCUT2D eigenvalue weighted by Crippen LogP contribution is 2.32. The zero-order valence-electron chi connectivity index (χ0n) is 19.5. The molecule has 0 radical (unpaired) electrons. The SMILES string of the molecule is CCn1nc(-c2ccccc2)c(-c2ccccc2)c(C(=O)NC(C)c2ccc(OC)cc2)c1=O. The van der Waals surface area contributed by atoms with E-state index in [0.29, 0.717) is 17.8 Å². The lowest BCUT2D eigenvalue weighted by Gasteiger charge is -2.19. The largest absolute Gasteiger partial charge is 0.497 e. The van der Waals surface area contributed by atoms with E-state index < -0.39 is 11.5 Å². The molecule has 1 aromatic heterocycles. The Morgan fingerprint density at radius 1 is 0.941 bits per heavy atom. The van der Waals surface area contributed by atoms with Crippen LogP contribution in [0.5, 0.6) is 5.75 Å². The first-order valence-electron chi connectivity index (χ1n) is 11.2. The highest BCUT2D eigenvalue weighted by Gasteiger charge is 2.26. The van der Waals surface area contributed by atoms with E-state index in [-0.39, 0.29) is 11.6 Å². The van der Waals surface area contributed by atoms with Crippen LogP contribution in [0.4, 0.5) is 0 Å². The third-order valence-electron chi connectivity index (χ3n) is 5.76. The van der Waals surface area contributed by atoms with Crippen molar-refractivity contribution in [3.05, 3.63) is 106 Å². The number of benzene rings is 3. The number of carbonyl (C=O) groups excluding carboxylic acids is 1. The molecule has 0 aliphatic heterocycles. The van der Waals surface area contributed by atoms with Crippen LogP contribution in [0.1, 0.15) is 35.8 Å². The van der Waals surface area contributed by atoms with Crippen molar-refractivity contribution < 1.29 is 9.53 Å². The minimum Gasteiger partial charge on any atom is -0.497 e. The number of hydrogen-bond acceptors (Lipinski definition) is 4. The Labute approximate surface area is 198 Å². The molecule has 0 fully saturated rings. The lowest BCUT2D eigenvalue weighted by atomic mass is 9.95. The lowest BCUT2D eigenvalue weighted by molar-refractivity contribution is 0.0938. The molecule has 6 nitrogen and oxygen atoms in total. The monoisotopic (exact) mass is 453 g/mol. The maximum Gasteiger partial charge on any atom is 0.280 e. The number of hydrogen-bond donors (Lipinski definition) is 1. The van der Waals surface area contributed by atoms with Gasteiger partial charge in [-0.3, -0.25) is 9.59 Å². The number of aryl methyl sites for hydroxylation is 1. The molecule has 0 saturated heterocycles. The summed E-state index contributed by atoms with van der Waals surface area (Å²) in [5.74, 6) is 0.301. The zero-order chi connectivity index (χ0) is 24.1. The van der Waals surface area contributed by atoms with Gasteiger partial charge in [-0.15, -0.1) is 0 Å². The average Bonchev–Trinajstić information content (AvgIpc) is 2.89. The minimum atomic E-state index is -0.436. The summed E-state index contributed by atoms with van der Waals surface area (Å²) >= 11 is 0. The molecule has 0 aliphatic rings. The summed E-state index contributed by atoms with van der Waals surface area (Å²) in [5.41, 5.74) is 3.29. The Kier molecular flexibility index (Phi) is 6.87. The maximum atomic E-state index is 13.6. The van der Waals surface area contributed by atoms with E-state index in [9.17, 15) is 9.59 Å². The summed E-state index contributed by atoms with van der Waals surface area (Å²) in [5, 5.41) is 7.66. The normalized spacial score (nSPS) is 11.6. The summed E-state index contributed by atoms with van der Waals surface area (Å²) in [6.07, 6.45) is 0. The molecule has 34 heavy (non-hydrogen) atoms. The molecular weight excluding hydrogens is 426 g/mol. The molecule has 172 valence electrons. The molecule has 1 N–H and O–H groups in total. The van der Waals surface area contributed by atoms with Gasteiger partial charge >= 0.3 is 0 Å². The van der Waals surface area contributed by atoms with Crippen LogP contribution in [-0.2, 0) is 6.54 Å². The molecule has 4 rings (SSSR count).